The van der Waals surface area contributed by atoms with E-state index in [0.29, 0.717) is 22.7 Å². The zero-order valence-electron chi connectivity index (χ0n) is 11.6. The molecule has 2 aromatic rings. The van der Waals surface area contributed by atoms with Crippen molar-refractivity contribution in [2.75, 3.05) is 25.3 Å². The molecular formula is C15H15BrN2O3. The van der Waals surface area contributed by atoms with E-state index in [-0.39, 0.29) is 0 Å². The van der Waals surface area contributed by atoms with Crippen molar-refractivity contribution < 1.29 is 14.3 Å². The average Bonchev–Trinajstić information content (AvgIpc) is 2.50. The number of hydrogen-bond donors (Lipinski definition) is 2. The van der Waals surface area contributed by atoms with E-state index in [1.807, 2.05) is 12.1 Å². The summed E-state index contributed by atoms with van der Waals surface area (Å²) in [6.07, 6.45) is 0. The molecule has 5 nitrogen and oxygen atoms in total. The second-order valence-electron chi connectivity index (χ2n) is 4.23. The number of anilines is 3. The van der Waals surface area contributed by atoms with Gasteiger partial charge in [0.2, 0.25) is 0 Å². The van der Waals surface area contributed by atoms with Gasteiger partial charge in [0, 0.05) is 10.5 Å². The standard InChI is InChI=1S/C15H15BrN2O3/c1-20-9-6-7-11(16)13(8-9)18-14-10(15(19)21-2)4-3-5-12(14)17/h3-8,18H,17H2,1-2H3. The third kappa shape index (κ3) is 3.28. The van der Waals surface area contributed by atoms with Crippen molar-refractivity contribution in [3.63, 3.8) is 0 Å². The fraction of sp³-hybridized carbons (Fsp3) is 0.133. The Kier molecular flexibility index (Phi) is 4.70. The van der Waals surface area contributed by atoms with Crippen LogP contribution in [0.5, 0.6) is 5.75 Å². The first kappa shape index (κ1) is 15.2. The van der Waals surface area contributed by atoms with Crippen LogP contribution in [0.3, 0.4) is 0 Å². The molecule has 0 heterocycles. The normalized spacial score (nSPS) is 10.0. The SMILES string of the molecule is COC(=O)c1cccc(N)c1Nc1cc(OC)ccc1Br. The summed E-state index contributed by atoms with van der Waals surface area (Å²) in [4.78, 5) is 11.8. The Balaban J connectivity index is 2.46. The predicted octanol–water partition coefficient (Wildman–Crippen LogP) is 3.57. The molecule has 110 valence electrons. The van der Waals surface area contributed by atoms with Crippen LogP contribution in [-0.4, -0.2) is 20.2 Å². The topological polar surface area (TPSA) is 73.6 Å². The van der Waals surface area contributed by atoms with Crippen molar-refractivity contribution in [2.24, 2.45) is 0 Å². The summed E-state index contributed by atoms with van der Waals surface area (Å²) in [7, 11) is 2.92. The van der Waals surface area contributed by atoms with Crippen LogP contribution in [0.15, 0.2) is 40.9 Å². The molecule has 0 saturated heterocycles. The quantitative estimate of drug-likeness (QED) is 0.651. The van der Waals surface area contributed by atoms with Gasteiger partial charge in [-0.05, 0) is 40.2 Å². The van der Waals surface area contributed by atoms with E-state index in [2.05, 4.69) is 21.2 Å². The predicted molar refractivity (Wildman–Crippen MR) is 86.2 cm³/mol. The average molecular weight is 351 g/mol. The minimum absolute atomic E-state index is 0.368. The minimum Gasteiger partial charge on any atom is -0.497 e. The van der Waals surface area contributed by atoms with Gasteiger partial charge in [0.05, 0.1) is 36.8 Å². The molecule has 21 heavy (non-hydrogen) atoms. The Morgan fingerprint density at radius 3 is 2.67 bits per heavy atom. The number of nitrogen functional groups attached to an aromatic ring is 1. The van der Waals surface area contributed by atoms with Gasteiger partial charge in [0.25, 0.3) is 0 Å². The van der Waals surface area contributed by atoms with E-state index in [9.17, 15) is 4.79 Å². The molecule has 0 unspecified atom stereocenters. The highest BCUT2D eigenvalue weighted by Crippen LogP contribution is 2.33. The highest BCUT2D eigenvalue weighted by molar-refractivity contribution is 9.10. The number of nitrogens with one attached hydrogen (secondary N) is 1. The van der Waals surface area contributed by atoms with Gasteiger partial charge in [0.1, 0.15) is 5.75 Å². The zero-order chi connectivity index (χ0) is 15.4. The molecule has 0 aliphatic carbocycles. The Labute approximate surface area is 131 Å². The fourth-order valence-electron chi connectivity index (χ4n) is 1.85. The molecule has 2 aromatic carbocycles. The molecule has 0 aliphatic rings. The Bertz CT molecular complexity index is 674. The van der Waals surface area contributed by atoms with E-state index in [4.69, 9.17) is 15.2 Å². The van der Waals surface area contributed by atoms with Crippen LogP contribution in [0, 0.1) is 0 Å². The number of ether oxygens (including phenoxy) is 2. The van der Waals surface area contributed by atoms with Crippen molar-refractivity contribution in [1.29, 1.82) is 0 Å². The summed E-state index contributed by atoms with van der Waals surface area (Å²) in [5, 5.41) is 3.15. The van der Waals surface area contributed by atoms with Gasteiger partial charge >= 0.3 is 5.97 Å². The number of halogens is 1. The maximum Gasteiger partial charge on any atom is 0.340 e. The van der Waals surface area contributed by atoms with Crippen LogP contribution in [0.1, 0.15) is 10.4 Å². The van der Waals surface area contributed by atoms with Crippen LogP contribution < -0.4 is 15.8 Å². The first-order valence-electron chi connectivity index (χ1n) is 6.14. The molecular weight excluding hydrogens is 336 g/mol. The van der Waals surface area contributed by atoms with Gasteiger partial charge in [-0.25, -0.2) is 4.79 Å². The molecule has 0 fully saturated rings. The summed E-state index contributed by atoms with van der Waals surface area (Å²) in [5.74, 6) is 0.235. The van der Waals surface area contributed by atoms with E-state index < -0.39 is 5.97 Å². The van der Waals surface area contributed by atoms with Crippen molar-refractivity contribution >= 4 is 39.0 Å². The Morgan fingerprint density at radius 2 is 2.00 bits per heavy atom. The summed E-state index contributed by atoms with van der Waals surface area (Å²) >= 11 is 3.45. The maximum absolute atomic E-state index is 11.8. The van der Waals surface area contributed by atoms with Gasteiger partial charge in [-0.2, -0.15) is 0 Å². The third-order valence-electron chi connectivity index (χ3n) is 2.94. The molecule has 0 atom stereocenters. The molecule has 0 radical (unpaired) electrons. The summed E-state index contributed by atoms with van der Waals surface area (Å²) in [6, 6.07) is 10.5. The van der Waals surface area contributed by atoms with Crippen molar-refractivity contribution in [3.05, 3.63) is 46.4 Å². The smallest absolute Gasteiger partial charge is 0.340 e. The number of carbonyl (C=O) groups is 1. The molecule has 0 bridgehead atoms. The van der Waals surface area contributed by atoms with Crippen molar-refractivity contribution in [2.45, 2.75) is 0 Å². The number of carbonyl (C=O) groups excluding carboxylic acids is 1. The lowest BCUT2D eigenvalue weighted by atomic mass is 10.1. The first-order chi connectivity index (χ1) is 10.1. The molecule has 3 N–H and O–H groups in total. The number of rotatable bonds is 4. The first-order valence-corrected chi connectivity index (χ1v) is 6.93. The molecule has 0 saturated carbocycles. The Hall–Kier alpha value is -2.21. The van der Waals surface area contributed by atoms with E-state index in [0.717, 1.165) is 10.2 Å². The summed E-state index contributed by atoms with van der Waals surface area (Å²) in [6.45, 7) is 0. The molecule has 0 spiro atoms. The molecule has 6 heteroatoms. The minimum atomic E-state index is -0.455. The van der Waals surface area contributed by atoms with Gasteiger partial charge in [-0.1, -0.05) is 6.07 Å². The highest BCUT2D eigenvalue weighted by atomic mass is 79.9. The fourth-order valence-corrected chi connectivity index (χ4v) is 2.20. The number of methoxy groups -OCH3 is 2. The molecule has 0 amide bonds. The lowest BCUT2D eigenvalue weighted by molar-refractivity contribution is 0.0602. The number of benzene rings is 2. The number of hydrogen-bond acceptors (Lipinski definition) is 5. The summed E-state index contributed by atoms with van der Waals surface area (Å²) < 4.78 is 10.8. The van der Waals surface area contributed by atoms with Crippen LogP contribution in [0.2, 0.25) is 0 Å². The zero-order valence-corrected chi connectivity index (χ0v) is 13.2. The van der Waals surface area contributed by atoms with Crippen molar-refractivity contribution in [1.82, 2.24) is 0 Å². The second kappa shape index (κ2) is 6.49. The maximum atomic E-state index is 11.8. The lowest BCUT2D eigenvalue weighted by Gasteiger charge is -2.15. The Morgan fingerprint density at radius 1 is 1.24 bits per heavy atom. The second-order valence-corrected chi connectivity index (χ2v) is 5.09. The number of esters is 1. The summed E-state index contributed by atoms with van der Waals surface area (Å²) in [5.41, 5.74) is 8.02. The van der Waals surface area contributed by atoms with Gasteiger partial charge < -0.3 is 20.5 Å². The largest absolute Gasteiger partial charge is 0.497 e. The number of para-hydroxylation sites is 1. The van der Waals surface area contributed by atoms with Gasteiger partial charge in [-0.3, -0.25) is 0 Å². The van der Waals surface area contributed by atoms with E-state index in [1.165, 1.54) is 7.11 Å². The molecule has 2 rings (SSSR count). The van der Waals surface area contributed by atoms with E-state index >= 15 is 0 Å². The van der Waals surface area contributed by atoms with Crippen LogP contribution >= 0.6 is 15.9 Å². The number of nitrogens with two attached hydrogens (primary N) is 1. The van der Waals surface area contributed by atoms with Gasteiger partial charge in [0.15, 0.2) is 0 Å². The molecule has 0 aromatic heterocycles. The van der Waals surface area contributed by atoms with E-state index in [1.54, 1.807) is 31.4 Å². The molecule has 0 aliphatic heterocycles. The van der Waals surface area contributed by atoms with Gasteiger partial charge in [-0.15, -0.1) is 0 Å². The van der Waals surface area contributed by atoms with Crippen LogP contribution in [0.25, 0.3) is 0 Å². The van der Waals surface area contributed by atoms with Crippen LogP contribution in [-0.2, 0) is 4.74 Å². The lowest BCUT2D eigenvalue weighted by Crippen LogP contribution is -2.08. The van der Waals surface area contributed by atoms with Crippen molar-refractivity contribution in [3.8, 4) is 5.75 Å². The monoisotopic (exact) mass is 350 g/mol. The highest BCUT2D eigenvalue weighted by Gasteiger charge is 2.15. The third-order valence-corrected chi connectivity index (χ3v) is 3.63. The van der Waals surface area contributed by atoms with Crippen LogP contribution in [0.4, 0.5) is 17.1 Å².